The summed E-state index contributed by atoms with van der Waals surface area (Å²) in [5.74, 6) is 0.0243. The normalized spacial score (nSPS) is 18.1. The molecule has 1 saturated heterocycles. The number of alkyl halides is 3. The molecule has 158 valence electrons. The van der Waals surface area contributed by atoms with Gasteiger partial charge in [-0.25, -0.2) is 5.01 Å². The Balaban J connectivity index is 2.06. The zero-order chi connectivity index (χ0) is 21.2. The quantitative estimate of drug-likeness (QED) is 0.625. The maximum Gasteiger partial charge on any atom is 0.409 e. The highest BCUT2D eigenvalue weighted by Crippen LogP contribution is 2.44. The lowest BCUT2D eigenvalue weighted by molar-refractivity contribution is -0.191. The molecule has 0 spiro atoms. The molecule has 3 rings (SSSR count). The number of unbranched alkanes of at least 4 members (excludes halogenated alkanes) is 2. The maximum atomic E-state index is 14.2. The van der Waals surface area contributed by atoms with Gasteiger partial charge in [-0.05, 0) is 37.3 Å². The summed E-state index contributed by atoms with van der Waals surface area (Å²) in [4.78, 5) is 12.2. The molecule has 0 saturated carbocycles. The van der Waals surface area contributed by atoms with Crippen LogP contribution in [0.5, 0.6) is 5.75 Å². The molecule has 0 bridgehead atoms. The van der Waals surface area contributed by atoms with Gasteiger partial charge in [-0.3, -0.25) is 10.2 Å². The van der Waals surface area contributed by atoms with Gasteiger partial charge in [0.05, 0.1) is 12.0 Å². The highest BCUT2D eigenvalue weighted by molar-refractivity contribution is 5.92. The van der Waals surface area contributed by atoms with Crippen molar-refractivity contribution in [3.05, 3.63) is 42.0 Å². The van der Waals surface area contributed by atoms with Gasteiger partial charge in [0.25, 0.3) is 0 Å². The van der Waals surface area contributed by atoms with Crippen LogP contribution in [0.25, 0.3) is 10.8 Å². The molecule has 1 heterocycles. The fraction of sp³-hybridized carbons (Fsp3) is 0.500. The second kappa shape index (κ2) is 8.22. The molecule has 0 aromatic heterocycles. The van der Waals surface area contributed by atoms with Crippen LogP contribution in [0, 0.1) is 5.41 Å². The summed E-state index contributed by atoms with van der Waals surface area (Å²) in [5.41, 5.74) is 1.61. The predicted octanol–water partition coefficient (Wildman–Crippen LogP) is 5.39. The van der Waals surface area contributed by atoms with Crippen molar-refractivity contribution in [2.75, 3.05) is 13.2 Å². The van der Waals surface area contributed by atoms with Crippen LogP contribution in [-0.4, -0.2) is 30.2 Å². The minimum Gasteiger partial charge on any atom is -0.493 e. The summed E-state index contributed by atoms with van der Waals surface area (Å²) < 4.78 is 48.5. The summed E-state index contributed by atoms with van der Waals surface area (Å²) in [6, 6.07) is 8.16. The largest absolute Gasteiger partial charge is 0.493 e. The summed E-state index contributed by atoms with van der Waals surface area (Å²) in [6.45, 7) is 5.77. The minimum absolute atomic E-state index is 0.0358. The predicted molar refractivity (Wildman–Crippen MR) is 106 cm³/mol. The molecule has 29 heavy (non-hydrogen) atoms. The van der Waals surface area contributed by atoms with Crippen molar-refractivity contribution in [3.8, 4) is 5.75 Å². The van der Waals surface area contributed by atoms with E-state index in [2.05, 4.69) is 12.3 Å². The number of hydrogen-bond acceptors (Lipinski definition) is 3. The smallest absolute Gasteiger partial charge is 0.409 e. The maximum absolute atomic E-state index is 14.2. The van der Waals surface area contributed by atoms with Gasteiger partial charge in [0.2, 0.25) is 5.91 Å². The van der Waals surface area contributed by atoms with E-state index in [0.717, 1.165) is 24.3 Å². The molecule has 7 heteroatoms. The molecule has 1 amide bonds. The molecule has 0 radical (unpaired) electrons. The van der Waals surface area contributed by atoms with E-state index in [-0.39, 0.29) is 12.1 Å². The first-order valence-electron chi connectivity index (χ1n) is 9.94. The Bertz CT molecular complexity index is 875. The van der Waals surface area contributed by atoms with E-state index in [1.807, 2.05) is 0 Å². The van der Waals surface area contributed by atoms with Crippen molar-refractivity contribution in [3.63, 3.8) is 0 Å². The second-order valence-corrected chi connectivity index (χ2v) is 8.15. The number of ether oxygens (including phenoxy) is 1. The number of benzene rings is 2. The van der Waals surface area contributed by atoms with Crippen molar-refractivity contribution < 1.29 is 22.7 Å². The van der Waals surface area contributed by atoms with Crippen LogP contribution in [0.2, 0.25) is 0 Å². The summed E-state index contributed by atoms with van der Waals surface area (Å²) in [5, 5.41) is 2.12. The van der Waals surface area contributed by atoms with Crippen molar-refractivity contribution >= 4 is 16.7 Å². The SMILES string of the molecule is CCCCCOc1cccc2cccc([C@H](N3CC(C)(C)C(=O)N3)C(F)(F)F)c12. The molecule has 4 nitrogen and oxygen atoms in total. The standard InChI is InChI=1S/C22H27F3N2O2/c1-4-5-6-13-29-17-12-8-10-15-9-7-11-16(18(15)17)19(22(23,24)25)27-14-21(2,3)20(28)26-27/h7-12,19H,4-6,13-14H2,1-3H3,(H,26,28)/t19-/m0/s1. The topological polar surface area (TPSA) is 41.6 Å². The molecule has 1 aliphatic heterocycles. The van der Waals surface area contributed by atoms with E-state index in [1.54, 1.807) is 44.2 Å². The Morgan fingerprint density at radius 1 is 1.17 bits per heavy atom. The van der Waals surface area contributed by atoms with Gasteiger partial charge in [0, 0.05) is 11.9 Å². The fourth-order valence-electron chi connectivity index (χ4n) is 3.71. The van der Waals surface area contributed by atoms with E-state index < -0.39 is 23.5 Å². The van der Waals surface area contributed by atoms with Gasteiger partial charge in [-0.2, -0.15) is 13.2 Å². The van der Waals surface area contributed by atoms with E-state index in [9.17, 15) is 18.0 Å². The second-order valence-electron chi connectivity index (χ2n) is 8.15. The van der Waals surface area contributed by atoms with Gasteiger partial charge in [0.1, 0.15) is 5.75 Å². The molecular weight excluding hydrogens is 381 g/mol. The zero-order valence-corrected chi connectivity index (χ0v) is 17.0. The summed E-state index contributed by atoms with van der Waals surface area (Å²) in [6.07, 6.45) is -1.70. The van der Waals surface area contributed by atoms with E-state index in [0.29, 0.717) is 23.1 Å². The van der Waals surface area contributed by atoms with Crippen LogP contribution in [0.1, 0.15) is 51.6 Å². The number of nitrogens with one attached hydrogen (secondary N) is 1. The number of rotatable bonds is 7. The highest BCUT2D eigenvalue weighted by Gasteiger charge is 2.51. The molecule has 1 atom stereocenters. The number of halogens is 3. The van der Waals surface area contributed by atoms with E-state index in [1.165, 1.54) is 6.07 Å². The van der Waals surface area contributed by atoms with Crippen LogP contribution in [0.15, 0.2) is 36.4 Å². The summed E-state index contributed by atoms with van der Waals surface area (Å²) >= 11 is 0. The van der Waals surface area contributed by atoms with Crippen molar-refractivity contribution in [2.45, 2.75) is 52.3 Å². The van der Waals surface area contributed by atoms with Crippen LogP contribution in [0.4, 0.5) is 13.2 Å². The number of nitrogens with zero attached hydrogens (tertiary/aromatic N) is 1. The van der Waals surface area contributed by atoms with Crippen LogP contribution >= 0.6 is 0 Å². The Hall–Kier alpha value is -2.28. The van der Waals surface area contributed by atoms with Gasteiger partial charge in [-0.1, -0.05) is 50.1 Å². The lowest BCUT2D eigenvalue weighted by Crippen LogP contribution is -2.43. The molecule has 2 aromatic carbocycles. The van der Waals surface area contributed by atoms with Crippen molar-refractivity contribution in [1.29, 1.82) is 0 Å². The van der Waals surface area contributed by atoms with Crippen LogP contribution in [0.3, 0.4) is 0 Å². The Kier molecular flexibility index (Phi) is 6.08. The molecule has 1 aliphatic rings. The first-order chi connectivity index (χ1) is 13.6. The lowest BCUT2D eigenvalue weighted by Gasteiger charge is -2.31. The molecular formula is C22H27F3N2O2. The molecule has 1 N–H and O–H groups in total. The third-order valence-electron chi connectivity index (χ3n) is 5.25. The number of amides is 1. The number of hydrazine groups is 1. The molecule has 0 aliphatic carbocycles. The lowest BCUT2D eigenvalue weighted by atomic mass is 9.93. The number of carbonyl (C=O) groups is 1. The highest BCUT2D eigenvalue weighted by atomic mass is 19.4. The zero-order valence-electron chi connectivity index (χ0n) is 17.0. The minimum atomic E-state index is -4.57. The first kappa shape index (κ1) is 21.4. The van der Waals surface area contributed by atoms with Gasteiger partial charge in [0.15, 0.2) is 6.04 Å². The van der Waals surface area contributed by atoms with E-state index in [4.69, 9.17) is 4.74 Å². The molecule has 0 unspecified atom stereocenters. The Labute approximate surface area is 169 Å². The average molecular weight is 408 g/mol. The average Bonchev–Trinajstić information content (AvgIpc) is 2.90. The summed E-state index contributed by atoms with van der Waals surface area (Å²) in [7, 11) is 0. The number of hydrogen-bond donors (Lipinski definition) is 1. The Morgan fingerprint density at radius 2 is 1.86 bits per heavy atom. The van der Waals surface area contributed by atoms with Gasteiger partial charge < -0.3 is 4.74 Å². The van der Waals surface area contributed by atoms with Gasteiger partial charge >= 0.3 is 6.18 Å². The van der Waals surface area contributed by atoms with E-state index >= 15 is 0 Å². The number of carbonyl (C=O) groups excluding carboxylic acids is 1. The van der Waals surface area contributed by atoms with Crippen LogP contribution in [-0.2, 0) is 4.79 Å². The fourth-order valence-corrected chi connectivity index (χ4v) is 3.71. The van der Waals surface area contributed by atoms with Crippen molar-refractivity contribution in [2.24, 2.45) is 5.41 Å². The number of fused-ring (bicyclic) bond motifs is 1. The molecule has 2 aromatic rings. The van der Waals surface area contributed by atoms with Crippen molar-refractivity contribution in [1.82, 2.24) is 10.4 Å². The Morgan fingerprint density at radius 3 is 2.45 bits per heavy atom. The monoisotopic (exact) mass is 408 g/mol. The third kappa shape index (κ3) is 4.50. The molecule has 1 fully saturated rings. The first-order valence-corrected chi connectivity index (χ1v) is 9.94. The van der Waals surface area contributed by atoms with Gasteiger partial charge in [-0.15, -0.1) is 0 Å². The third-order valence-corrected chi connectivity index (χ3v) is 5.25. The van der Waals surface area contributed by atoms with Crippen LogP contribution < -0.4 is 10.2 Å².